The lowest BCUT2D eigenvalue weighted by molar-refractivity contribution is -0.970. The minimum absolute atomic E-state index is 0.124. The molecule has 1 saturated heterocycles. The fraction of sp³-hybridized carbons (Fsp3) is 0.464. The number of esters is 2. The number of rotatable bonds is 8. The molecule has 186 valence electrons. The average Bonchev–Trinajstić information content (AvgIpc) is 2.84. The molecule has 2 aliphatic rings. The Morgan fingerprint density at radius 1 is 0.943 bits per heavy atom. The maximum atomic E-state index is 14.0. The maximum absolute atomic E-state index is 14.0. The van der Waals surface area contributed by atoms with Gasteiger partial charge in [0.15, 0.2) is 12.1 Å². The van der Waals surface area contributed by atoms with Crippen molar-refractivity contribution < 1.29 is 28.3 Å². The van der Waals surface area contributed by atoms with Crippen LogP contribution in [0.4, 0.5) is 5.69 Å². The van der Waals surface area contributed by atoms with Crippen LogP contribution in [-0.4, -0.2) is 54.6 Å². The summed E-state index contributed by atoms with van der Waals surface area (Å²) in [7, 11) is 1.33. The van der Waals surface area contributed by atoms with Crippen molar-refractivity contribution in [3.63, 3.8) is 0 Å². The van der Waals surface area contributed by atoms with Gasteiger partial charge in [0.1, 0.15) is 6.61 Å². The quantitative estimate of drug-likeness (QED) is 0.449. The largest absolute Gasteiger partial charge is 0.465 e. The highest BCUT2D eigenvalue weighted by Gasteiger charge is 2.61. The van der Waals surface area contributed by atoms with Gasteiger partial charge in [-0.25, -0.2) is 9.59 Å². The Hall–Kier alpha value is -3.19. The lowest BCUT2D eigenvalue weighted by Gasteiger charge is -2.57. The van der Waals surface area contributed by atoms with E-state index in [0.29, 0.717) is 28.6 Å². The number of amides is 1. The van der Waals surface area contributed by atoms with Crippen molar-refractivity contribution in [3.8, 4) is 0 Å². The van der Waals surface area contributed by atoms with Gasteiger partial charge in [-0.15, -0.1) is 0 Å². The number of carbonyl (C=O) groups is 3. The second-order valence-corrected chi connectivity index (χ2v) is 9.79. The van der Waals surface area contributed by atoms with E-state index in [-0.39, 0.29) is 25.0 Å². The van der Waals surface area contributed by atoms with Crippen LogP contribution in [0.3, 0.4) is 0 Å². The summed E-state index contributed by atoms with van der Waals surface area (Å²) in [4.78, 5) is 39.4. The molecule has 0 atom stereocenters. The highest BCUT2D eigenvalue weighted by atomic mass is 16.5. The molecule has 2 fully saturated rings. The number of likely N-dealkylation sites (tertiary alicyclic amines) is 1. The monoisotopic (exact) mass is 479 g/mol. The van der Waals surface area contributed by atoms with Crippen molar-refractivity contribution in [1.82, 2.24) is 0 Å². The van der Waals surface area contributed by atoms with Crippen molar-refractivity contribution in [3.05, 3.63) is 65.2 Å². The Labute approximate surface area is 207 Å². The molecule has 1 aliphatic carbocycles. The van der Waals surface area contributed by atoms with Crippen molar-refractivity contribution in [1.29, 1.82) is 0 Å². The zero-order valence-electron chi connectivity index (χ0n) is 20.7. The number of carbonyl (C=O) groups excluding carboxylic acids is 3. The van der Waals surface area contributed by atoms with Crippen LogP contribution in [0.15, 0.2) is 48.5 Å². The van der Waals surface area contributed by atoms with Crippen molar-refractivity contribution in [2.75, 3.05) is 32.1 Å². The molecule has 4 rings (SSSR count). The van der Waals surface area contributed by atoms with Crippen LogP contribution in [-0.2, 0) is 25.7 Å². The summed E-state index contributed by atoms with van der Waals surface area (Å²) in [5.74, 6) is -0.889. The highest BCUT2D eigenvalue weighted by molar-refractivity contribution is 6.05. The van der Waals surface area contributed by atoms with Gasteiger partial charge in [0.05, 0.1) is 31.5 Å². The predicted molar refractivity (Wildman–Crippen MR) is 133 cm³/mol. The van der Waals surface area contributed by atoms with Crippen molar-refractivity contribution in [2.24, 2.45) is 0 Å². The van der Waals surface area contributed by atoms with Gasteiger partial charge < -0.3 is 19.3 Å². The highest BCUT2D eigenvalue weighted by Crippen LogP contribution is 2.46. The lowest BCUT2D eigenvalue weighted by Crippen LogP contribution is -2.74. The third kappa shape index (κ3) is 4.96. The van der Waals surface area contributed by atoms with E-state index in [4.69, 9.17) is 9.47 Å². The average molecular weight is 480 g/mol. The normalized spacial score (nSPS) is 18.1. The summed E-state index contributed by atoms with van der Waals surface area (Å²) >= 11 is 0. The molecule has 1 N–H and O–H groups in total. The number of para-hydroxylation sites is 1. The molecule has 0 radical (unpaired) electrons. The maximum Gasteiger partial charge on any atom is 0.362 e. The van der Waals surface area contributed by atoms with Gasteiger partial charge in [-0.3, -0.25) is 4.79 Å². The number of aryl methyl sites for hydroxylation is 1. The van der Waals surface area contributed by atoms with Crippen LogP contribution in [0, 0.1) is 6.92 Å². The van der Waals surface area contributed by atoms with Crippen LogP contribution >= 0.6 is 0 Å². The number of anilines is 1. The summed E-state index contributed by atoms with van der Waals surface area (Å²) in [6.45, 7) is 3.81. The number of piperidine rings is 1. The van der Waals surface area contributed by atoms with Gasteiger partial charge in [-0.05, 0) is 49.8 Å². The summed E-state index contributed by atoms with van der Waals surface area (Å²) in [6, 6.07) is 14.9. The molecule has 1 amide bonds. The van der Waals surface area contributed by atoms with Crippen LogP contribution < -0.4 is 5.32 Å². The molecular formula is C28H35N2O5+. The minimum atomic E-state index is -0.706. The Bertz CT molecular complexity index is 1070. The Morgan fingerprint density at radius 3 is 2.29 bits per heavy atom. The third-order valence-electron chi connectivity index (χ3n) is 7.77. The third-order valence-corrected chi connectivity index (χ3v) is 7.77. The SMILES string of the molecule is COC(=O)c1cccc(C)c1NC(=O)C1([N+]2(CC(=O)OCc3ccccc3)CCCCC2)CCC1. The summed E-state index contributed by atoms with van der Waals surface area (Å²) < 4.78 is 11.0. The molecule has 7 nitrogen and oxygen atoms in total. The molecule has 1 saturated carbocycles. The van der Waals surface area contributed by atoms with Gasteiger partial charge in [0, 0.05) is 12.8 Å². The number of ether oxygens (including phenoxy) is 2. The van der Waals surface area contributed by atoms with Gasteiger partial charge >= 0.3 is 11.9 Å². The van der Waals surface area contributed by atoms with E-state index >= 15 is 0 Å². The molecule has 1 aliphatic heterocycles. The topological polar surface area (TPSA) is 81.7 Å². The molecule has 2 aromatic rings. The number of hydrogen-bond acceptors (Lipinski definition) is 5. The molecule has 2 aromatic carbocycles. The fourth-order valence-electron chi connectivity index (χ4n) is 5.66. The standard InChI is InChI=1S/C28H34N2O5/c1-21-11-9-14-23(26(32)34-2)25(21)29-27(33)28(15-10-16-28)30(17-7-4-8-18-30)19-24(31)35-20-22-12-5-3-6-13-22/h3,5-6,9,11-14H,4,7-8,10,15-20H2,1-2H3/p+1. The molecule has 1 heterocycles. The zero-order chi connectivity index (χ0) is 24.9. The smallest absolute Gasteiger partial charge is 0.362 e. The number of hydrogen-bond donors (Lipinski definition) is 1. The van der Waals surface area contributed by atoms with E-state index in [1.807, 2.05) is 43.3 Å². The first kappa shape index (κ1) is 24.9. The second kappa shape index (κ2) is 10.6. The van der Waals surface area contributed by atoms with E-state index in [2.05, 4.69) is 5.32 Å². The van der Waals surface area contributed by atoms with Crippen LogP contribution in [0.1, 0.15) is 60.0 Å². The minimum Gasteiger partial charge on any atom is -0.465 e. The van der Waals surface area contributed by atoms with E-state index in [1.54, 1.807) is 12.1 Å². The van der Waals surface area contributed by atoms with E-state index in [0.717, 1.165) is 49.9 Å². The van der Waals surface area contributed by atoms with Crippen LogP contribution in [0.2, 0.25) is 0 Å². The first-order valence-corrected chi connectivity index (χ1v) is 12.5. The fourth-order valence-corrected chi connectivity index (χ4v) is 5.66. The predicted octanol–water partition coefficient (Wildman–Crippen LogP) is 4.39. The lowest BCUT2D eigenvalue weighted by atomic mass is 9.71. The number of nitrogens with zero attached hydrogens (tertiary/aromatic N) is 1. The molecule has 0 bridgehead atoms. The van der Waals surface area contributed by atoms with Gasteiger partial charge in [0.2, 0.25) is 0 Å². The van der Waals surface area contributed by atoms with E-state index < -0.39 is 11.5 Å². The summed E-state index contributed by atoms with van der Waals surface area (Å²) in [5.41, 5.74) is 1.85. The van der Waals surface area contributed by atoms with Gasteiger partial charge in [-0.2, -0.15) is 0 Å². The summed E-state index contributed by atoms with van der Waals surface area (Å²) in [5, 5.41) is 3.08. The Morgan fingerprint density at radius 2 is 1.66 bits per heavy atom. The van der Waals surface area contributed by atoms with Crippen molar-refractivity contribution >= 4 is 23.5 Å². The Balaban J connectivity index is 1.58. The molecule has 35 heavy (non-hydrogen) atoms. The molecule has 0 unspecified atom stereocenters. The van der Waals surface area contributed by atoms with Crippen LogP contribution in [0.5, 0.6) is 0 Å². The number of benzene rings is 2. The van der Waals surface area contributed by atoms with Gasteiger partial charge in [-0.1, -0.05) is 42.5 Å². The molecule has 0 spiro atoms. The number of quaternary nitrogens is 1. The molecular weight excluding hydrogens is 444 g/mol. The molecule has 7 heteroatoms. The van der Waals surface area contributed by atoms with Gasteiger partial charge in [0.25, 0.3) is 5.91 Å². The second-order valence-electron chi connectivity index (χ2n) is 9.79. The first-order chi connectivity index (χ1) is 16.9. The number of nitrogens with one attached hydrogen (secondary N) is 1. The Kier molecular flexibility index (Phi) is 7.55. The van der Waals surface area contributed by atoms with E-state index in [9.17, 15) is 14.4 Å². The zero-order valence-corrected chi connectivity index (χ0v) is 20.7. The molecule has 0 aromatic heterocycles. The van der Waals surface area contributed by atoms with Crippen molar-refractivity contribution in [2.45, 2.75) is 57.6 Å². The number of methoxy groups -OCH3 is 1. The van der Waals surface area contributed by atoms with E-state index in [1.165, 1.54) is 7.11 Å². The van der Waals surface area contributed by atoms with Crippen LogP contribution in [0.25, 0.3) is 0 Å². The first-order valence-electron chi connectivity index (χ1n) is 12.5. The summed E-state index contributed by atoms with van der Waals surface area (Å²) in [6.07, 6.45) is 5.40.